The van der Waals surface area contributed by atoms with Crippen LogP contribution in [0.25, 0.3) is 0 Å². The van der Waals surface area contributed by atoms with Gasteiger partial charge in [0.15, 0.2) is 0 Å². The quantitative estimate of drug-likeness (QED) is 0.202. The van der Waals surface area contributed by atoms with Gasteiger partial charge in [-0.15, -0.1) is 0 Å². The Bertz CT molecular complexity index is 83.0. The number of rotatable bonds is 7. The largest absolute Gasteiger partial charge is 0.373 e. The number of nitrogens with one attached hydrogen (secondary N) is 1. The second-order valence-electron chi connectivity index (χ2n) is 2.52. The average molecular weight is 178 g/mol. The van der Waals surface area contributed by atoms with Gasteiger partial charge in [-0.1, -0.05) is 6.04 Å². The standard InChI is InChI=1S/C6H18N2O2Si/c7-2-4-8-3-1-5-11-6(9)10/h6,8-10H,1-5,7,11H2. The number of aliphatic hydroxyl groups is 2. The van der Waals surface area contributed by atoms with E-state index in [9.17, 15) is 0 Å². The zero-order chi connectivity index (χ0) is 8.53. The van der Waals surface area contributed by atoms with E-state index in [1.54, 1.807) is 0 Å². The van der Waals surface area contributed by atoms with Gasteiger partial charge >= 0.3 is 0 Å². The Balaban J connectivity index is 2.80. The lowest BCUT2D eigenvalue weighted by molar-refractivity contribution is 0.0289. The molecular weight excluding hydrogens is 160 g/mol. The highest BCUT2D eigenvalue weighted by atomic mass is 28.2. The van der Waals surface area contributed by atoms with Gasteiger partial charge in [0.25, 0.3) is 0 Å². The van der Waals surface area contributed by atoms with E-state index < -0.39 is 15.4 Å². The molecule has 0 bridgehead atoms. The van der Waals surface area contributed by atoms with Gasteiger partial charge in [0.1, 0.15) is 5.91 Å². The molecule has 0 saturated carbocycles. The molecule has 0 fully saturated rings. The van der Waals surface area contributed by atoms with Crippen LogP contribution in [0.1, 0.15) is 6.42 Å². The van der Waals surface area contributed by atoms with Crippen LogP contribution in [0.3, 0.4) is 0 Å². The van der Waals surface area contributed by atoms with Gasteiger partial charge in [-0.05, 0) is 13.0 Å². The molecule has 0 aliphatic carbocycles. The Hall–Kier alpha value is 0.0569. The Morgan fingerprint density at radius 2 is 2.09 bits per heavy atom. The van der Waals surface area contributed by atoms with Crippen LogP contribution >= 0.6 is 0 Å². The molecule has 5 N–H and O–H groups in total. The van der Waals surface area contributed by atoms with Gasteiger partial charge in [0.05, 0.1) is 9.52 Å². The van der Waals surface area contributed by atoms with Gasteiger partial charge < -0.3 is 21.3 Å². The minimum atomic E-state index is -1.01. The first kappa shape index (κ1) is 11.1. The van der Waals surface area contributed by atoms with E-state index in [0.717, 1.165) is 25.6 Å². The molecule has 0 aromatic rings. The van der Waals surface area contributed by atoms with Crippen LogP contribution < -0.4 is 11.1 Å². The van der Waals surface area contributed by atoms with Crippen molar-refractivity contribution < 1.29 is 10.2 Å². The highest BCUT2D eigenvalue weighted by Crippen LogP contribution is 1.87. The van der Waals surface area contributed by atoms with Crippen molar-refractivity contribution in [3.63, 3.8) is 0 Å². The van der Waals surface area contributed by atoms with E-state index in [4.69, 9.17) is 15.9 Å². The highest BCUT2D eigenvalue weighted by molar-refractivity contribution is 6.36. The third-order valence-corrected chi connectivity index (χ3v) is 2.81. The summed E-state index contributed by atoms with van der Waals surface area (Å²) >= 11 is 0. The molecule has 0 aliphatic heterocycles. The van der Waals surface area contributed by atoms with E-state index >= 15 is 0 Å². The summed E-state index contributed by atoms with van der Waals surface area (Å²) in [6, 6.07) is 0.981. The van der Waals surface area contributed by atoms with Gasteiger partial charge in [0.2, 0.25) is 0 Å². The Labute approximate surface area is 69.6 Å². The van der Waals surface area contributed by atoms with Crippen LogP contribution in [0.4, 0.5) is 0 Å². The predicted octanol–water partition coefficient (Wildman–Crippen LogP) is -2.22. The number of aliphatic hydroxyl groups excluding tert-OH is 1. The van der Waals surface area contributed by atoms with Gasteiger partial charge in [-0.2, -0.15) is 0 Å². The Morgan fingerprint density at radius 3 is 2.64 bits per heavy atom. The maximum atomic E-state index is 8.53. The first-order valence-corrected chi connectivity index (χ1v) is 5.86. The molecule has 0 heterocycles. The second kappa shape index (κ2) is 8.16. The molecule has 0 amide bonds. The maximum Gasteiger partial charge on any atom is 0.128 e. The molecule has 0 unspecified atom stereocenters. The van der Waals surface area contributed by atoms with Gasteiger partial charge in [-0.25, -0.2) is 0 Å². The van der Waals surface area contributed by atoms with Crippen molar-refractivity contribution in [2.45, 2.75) is 18.4 Å². The first-order chi connectivity index (χ1) is 5.27. The molecule has 0 atom stereocenters. The van der Waals surface area contributed by atoms with Crippen molar-refractivity contribution >= 4 is 9.52 Å². The summed E-state index contributed by atoms with van der Waals surface area (Å²) in [5, 5.41) is 20.2. The molecule has 0 aromatic carbocycles. The lowest BCUT2D eigenvalue weighted by atomic mass is 10.5. The lowest BCUT2D eigenvalue weighted by Crippen LogP contribution is -2.24. The van der Waals surface area contributed by atoms with Gasteiger partial charge in [-0.3, -0.25) is 0 Å². The van der Waals surface area contributed by atoms with Crippen LogP contribution in [-0.4, -0.2) is 45.3 Å². The monoisotopic (exact) mass is 178 g/mol. The normalized spacial score (nSPS) is 12.0. The molecule has 5 heteroatoms. The molecular formula is C6H18N2O2Si. The topological polar surface area (TPSA) is 78.5 Å². The zero-order valence-corrected chi connectivity index (χ0v) is 8.21. The molecule has 11 heavy (non-hydrogen) atoms. The fourth-order valence-corrected chi connectivity index (χ4v) is 1.71. The van der Waals surface area contributed by atoms with Gasteiger partial charge in [0, 0.05) is 13.1 Å². The molecule has 4 nitrogen and oxygen atoms in total. The van der Waals surface area contributed by atoms with Crippen LogP contribution in [0.15, 0.2) is 0 Å². The van der Waals surface area contributed by atoms with Crippen molar-refractivity contribution in [3.8, 4) is 0 Å². The molecule has 0 rings (SSSR count). The van der Waals surface area contributed by atoms with Crippen LogP contribution in [0, 0.1) is 0 Å². The molecule has 68 valence electrons. The minimum absolute atomic E-state index is 0.648. The number of hydrogen-bond donors (Lipinski definition) is 4. The van der Waals surface area contributed by atoms with Crippen LogP contribution in [0.2, 0.25) is 6.04 Å². The van der Waals surface area contributed by atoms with E-state index in [0.29, 0.717) is 6.54 Å². The molecule has 0 saturated heterocycles. The van der Waals surface area contributed by atoms with Crippen LogP contribution in [0.5, 0.6) is 0 Å². The van der Waals surface area contributed by atoms with E-state index in [-0.39, 0.29) is 0 Å². The number of nitrogens with two attached hydrogens (primary N) is 1. The fraction of sp³-hybridized carbons (Fsp3) is 1.00. The summed E-state index contributed by atoms with van der Waals surface area (Å²) in [6.07, 6.45) is 1.03. The summed E-state index contributed by atoms with van der Waals surface area (Å²) in [4.78, 5) is 0. The van der Waals surface area contributed by atoms with Crippen LogP contribution in [-0.2, 0) is 0 Å². The number of hydrogen-bond acceptors (Lipinski definition) is 4. The van der Waals surface area contributed by atoms with E-state index in [2.05, 4.69) is 5.32 Å². The summed E-state index contributed by atoms with van der Waals surface area (Å²) in [7, 11) is -0.648. The fourth-order valence-electron chi connectivity index (χ4n) is 0.804. The minimum Gasteiger partial charge on any atom is -0.373 e. The van der Waals surface area contributed by atoms with E-state index in [1.807, 2.05) is 0 Å². The Kier molecular flexibility index (Phi) is 8.20. The van der Waals surface area contributed by atoms with E-state index in [1.165, 1.54) is 0 Å². The van der Waals surface area contributed by atoms with Crippen molar-refractivity contribution in [3.05, 3.63) is 0 Å². The Morgan fingerprint density at radius 1 is 1.36 bits per heavy atom. The SMILES string of the molecule is NCCNCCC[SiH2]C(O)O. The predicted molar refractivity (Wildman–Crippen MR) is 48.1 cm³/mol. The smallest absolute Gasteiger partial charge is 0.128 e. The summed E-state index contributed by atoms with van der Waals surface area (Å²) < 4.78 is 0. The molecule has 0 spiro atoms. The third-order valence-electron chi connectivity index (χ3n) is 1.39. The highest BCUT2D eigenvalue weighted by Gasteiger charge is 1.96. The first-order valence-electron chi connectivity index (χ1n) is 4.04. The maximum absolute atomic E-state index is 8.53. The summed E-state index contributed by atoms with van der Waals surface area (Å²) in [5.74, 6) is -1.01. The average Bonchev–Trinajstić information content (AvgIpc) is 1.96. The van der Waals surface area contributed by atoms with Crippen molar-refractivity contribution in [2.24, 2.45) is 5.73 Å². The molecule has 0 radical (unpaired) electrons. The third kappa shape index (κ3) is 10.1. The lowest BCUT2D eigenvalue weighted by Gasteiger charge is -2.03. The summed E-state index contributed by atoms with van der Waals surface area (Å²) in [5.41, 5.74) is 5.26. The summed E-state index contributed by atoms with van der Waals surface area (Å²) in [6.45, 7) is 2.46. The van der Waals surface area contributed by atoms with Crippen molar-refractivity contribution in [2.75, 3.05) is 19.6 Å². The zero-order valence-electron chi connectivity index (χ0n) is 6.79. The second-order valence-corrected chi connectivity index (χ2v) is 4.53. The molecule has 0 aliphatic rings. The van der Waals surface area contributed by atoms with Crippen molar-refractivity contribution in [1.82, 2.24) is 5.32 Å². The molecule has 0 aromatic heterocycles. The van der Waals surface area contributed by atoms with Crippen molar-refractivity contribution in [1.29, 1.82) is 0 Å².